The Morgan fingerprint density at radius 2 is 1.67 bits per heavy atom. The zero-order valence-corrected chi connectivity index (χ0v) is 20.1. The summed E-state index contributed by atoms with van der Waals surface area (Å²) >= 11 is 6.18. The van der Waals surface area contributed by atoms with Gasteiger partial charge in [-0.2, -0.15) is 13.2 Å². The second kappa shape index (κ2) is 8.30. The Kier molecular flexibility index (Phi) is 5.85. The van der Waals surface area contributed by atoms with Gasteiger partial charge in [0.05, 0.1) is 5.56 Å². The maximum atomic E-state index is 13.1. The number of hydrogen-bond donors (Lipinski definition) is 1. The third-order valence-electron chi connectivity index (χ3n) is 8.81. The van der Waals surface area contributed by atoms with Gasteiger partial charge in [0.2, 0.25) is 0 Å². The number of hydrogen-bond acceptors (Lipinski definition) is 1. The summed E-state index contributed by atoms with van der Waals surface area (Å²) in [6.45, 7) is 4.41. The Balaban J connectivity index is 1.32. The van der Waals surface area contributed by atoms with Crippen LogP contribution in [-0.4, -0.2) is 12.1 Å². The fraction of sp³-hybridized carbons (Fsp3) is 0.571. The van der Waals surface area contributed by atoms with Crippen LogP contribution in [0.4, 0.5) is 13.2 Å². The minimum absolute atomic E-state index is 0.114. The Labute approximate surface area is 200 Å². The van der Waals surface area contributed by atoms with E-state index in [4.69, 9.17) is 11.6 Å². The second-order valence-corrected chi connectivity index (χ2v) is 11.7. The van der Waals surface area contributed by atoms with Crippen molar-refractivity contribution in [1.82, 2.24) is 5.32 Å². The summed E-state index contributed by atoms with van der Waals surface area (Å²) in [5, 5.41) is 4.61. The lowest BCUT2D eigenvalue weighted by molar-refractivity contribution is -0.137. The molecule has 1 N–H and O–H groups in total. The molecular formula is C28H33ClF3N. The molecule has 4 aliphatic carbocycles. The minimum atomic E-state index is -4.30. The van der Waals surface area contributed by atoms with Crippen molar-refractivity contribution < 1.29 is 13.2 Å². The largest absolute Gasteiger partial charge is 0.416 e. The summed E-state index contributed by atoms with van der Waals surface area (Å²) in [5.74, 6) is 1.54. The lowest BCUT2D eigenvalue weighted by Gasteiger charge is -2.64. The van der Waals surface area contributed by atoms with E-state index in [-0.39, 0.29) is 16.9 Å². The molecule has 4 saturated carbocycles. The van der Waals surface area contributed by atoms with E-state index < -0.39 is 11.7 Å². The van der Waals surface area contributed by atoms with Crippen molar-refractivity contribution in [2.75, 3.05) is 0 Å². The average Bonchev–Trinajstić information content (AvgIpc) is 2.72. The summed E-state index contributed by atoms with van der Waals surface area (Å²) in [4.78, 5) is 0. The monoisotopic (exact) mass is 475 g/mol. The highest BCUT2D eigenvalue weighted by Gasteiger charge is 2.59. The number of alkyl halides is 3. The van der Waals surface area contributed by atoms with E-state index in [1.165, 1.54) is 56.2 Å². The molecule has 6 rings (SSSR count). The van der Waals surface area contributed by atoms with E-state index >= 15 is 0 Å². The van der Waals surface area contributed by atoms with Gasteiger partial charge in [0.1, 0.15) is 0 Å². The van der Waals surface area contributed by atoms with E-state index in [2.05, 4.69) is 31.3 Å². The van der Waals surface area contributed by atoms with E-state index in [0.29, 0.717) is 12.5 Å². The van der Waals surface area contributed by atoms with Crippen LogP contribution in [0, 0.1) is 17.3 Å². The van der Waals surface area contributed by atoms with Gasteiger partial charge in [0.15, 0.2) is 0 Å². The smallest absolute Gasteiger partial charge is 0.311 e. The summed E-state index contributed by atoms with van der Waals surface area (Å²) in [6, 6.07) is 14.7. The van der Waals surface area contributed by atoms with Gasteiger partial charge in [-0.25, -0.2) is 0 Å². The number of benzene rings is 2. The zero-order valence-electron chi connectivity index (χ0n) is 19.4. The standard InChI is InChI=1S/C28H33ClF3N/c1-18(10-20-4-3-5-24(12-20)28(30,31)32)33-19(2)26-13-21-11-22(14-26)16-27(15-21,17-26)23-6-8-25(29)9-7-23/h3-9,12,18-19,21-22,33H,10-11,13-17H2,1-2H3/t18-,19-,21-,22+,26?,27?/m0/s1. The topological polar surface area (TPSA) is 12.0 Å². The minimum Gasteiger partial charge on any atom is -0.311 e. The predicted molar refractivity (Wildman–Crippen MR) is 127 cm³/mol. The maximum Gasteiger partial charge on any atom is 0.416 e. The van der Waals surface area contributed by atoms with Crippen molar-refractivity contribution in [1.29, 1.82) is 0 Å². The van der Waals surface area contributed by atoms with Crippen LogP contribution < -0.4 is 5.32 Å². The van der Waals surface area contributed by atoms with Gasteiger partial charge in [0, 0.05) is 17.1 Å². The molecule has 0 heterocycles. The molecule has 0 aliphatic heterocycles. The Hall–Kier alpha value is -1.52. The first-order chi connectivity index (χ1) is 15.6. The highest BCUT2D eigenvalue weighted by Crippen LogP contribution is 2.66. The lowest BCUT2D eigenvalue weighted by Crippen LogP contribution is -2.60. The number of halogens is 4. The third-order valence-corrected chi connectivity index (χ3v) is 9.06. The fourth-order valence-electron chi connectivity index (χ4n) is 7.87. The Morgan fingerprint density at radius 1 is 1.00 bits per heavy atom. The van der Waals surface area contributed by atoms with E-state index in [9.17, 15) is 13.2 Å². The summed E-state index contributed by atoms with van der Waals surface area (Å²) in [7, 11) is 0. The Morgan fingerprint density at radius 3 is 2.30 bits per heavy atom. The predicted octanol–water partition coefficient (Wildman–Crippen LogP) is 7.81. The summed E-state index contributed by atoms with van der Waals surface area (Å²) in [5.41, 5.74) is 2.11. The maximum absolute atomic E-state index is 13.1. The first-order valence-electron chi connectivity index (χ1n) is 12.3. The molecule has 0 amide bonds. The average molecular weight is 476 g/mol. The lowest BCUT2D eigenvalue weighted by atomic mass is 9.41. The van der Waals surface area contributed by atoms with Crippen molar-refractivity contribution >= 4 is 11.6 Å². The SMILES string of the molecule is C[C@H](N[C@@H](C)Cc1cccc(C(F)(F)F)c1)C12C[C@@H]3C[C@@H](CC(c4ccc(Cl)cc4)(C3)C1)C2. The van der Waals surface area contributed by atoms with Gasteiger partial charge < -0.3 is 5.32 Å². The molecular weight excluding hydrogens is 443 g/mol. The van der Waals surface area contributed by atoms with Crippen LogP contribution >= 0.6 is 11.6 Å². The third kappa shape index (κ3) is 4.46. The van der Waals surface area contributed by atoms with Crippen molar-refractivity contribution in [3.8, 4) is 0 Å². The molecule has 4 bridgehead atoms. The molecule has 0 spiro atoms. The summed E-state index contributed by atoms with van der Waals surface area (Å²) < 4.78 is 39.3. The zero-order chi connectivity index (χ0) is 23.4. The highest BCUT2D eigenvalue weighted by molar-refractivity contribution is 6.30. The van der Waals surface area contributed by atoms with Gasteiger partial charge in [-0.05, 0) is 111 Å². The molecule has 1 nitrogen and oxygen atoms in total. The molecule has 0 aromatic heterocycles. The van der Waals surface area contributed by atoms with Gasteiger partial charge in [-0.1, -0.05) is 41.9 Å². The van der Waals surface area contributed by atoms with Crippen LogP contribution in [0.5, 0.6) is 0 Å². The van der Waals surface area contributed by atoms with Crippen LogP contribution in [0.25, 0.3) is 0 Å². The van der Waals surface area contributed by atoms with Gasteiger partial charge in [0.25, 0.3) is 0 Å². The van der Waals surface area contributed by atoms with Crippen molar-refractivity contribution in [2.24, 2.45) is 17.3 Å². The molecule has 33 heavy (non-hydrogen) atoms. The molecule has 6 atom stereocenters. The quantitative estimate of drug-likeness (QED) is 0.449. The fourth-order valence-corrected chi connectivity index (χ4v) is 8.00. The molecule has 2 aromatic rings. The Bertz CT molecular complexity index is 985. The van der Waals surface area contributed by atoms with E-state index in [0.717, 1.165) is 28.5 Å². The first-order valence-corrected chi connectivity index (χ1v) is 12.6. The number of nitrogens with one attached hydrogen (secondary N) is 1. The van der Waals surface area contributed by atoms with Crippen LogP contribution in [-0.2, 0) is 18.0 Å². The molecule has 2 unspecified atom stereocenters. The van der Waals surface area contributed by atoms with Gasteiger partial charge in [-0.15, -0.1) is 0 Å². The highest BCUT2D eigenvalue weighted by atomic mass is 35.5. The normalized spacial score (nSPS) is 32.7. The molecule has 5 heteroatoms. The van der Waals surface area contributed by atoms with Gasteiger partial charge >= 0.3 is 6.18 Å². The van der Waals surface area contributed by atoms with Crippen LogP contribution in [0.1, 0.15) is 69.1 Å². The molecule has 4 aliphatic rings. The summed E-state index contributed by atoms with van der Waals surface area (Å²) in [6.07, 6.45) is 3.93. The van der Waals surface area contributed by atoms with Crippen LogP contribution in [0.15, 0.2) is 48.5 Å². The molecule has 4 fully saturated rings. The molecule has 178 valence electrons. The first kappa shape index (κ1) is 23.2. The van der Waals surface area contributed by atoms with E-state index in [1.807, 2.05) is 12.1 Å². The van der Waals surface area contributed by atoms with Crippen LogP contribution in [0.2, 0.25) is 5.02 Å². The van der Waals surface area contributed by atoms with Crippen molar-refractivity contribution in [3.63, 3.8) is 0 Å². The molecule has 0 saturated heterocycles. The number of rotatable bonds is 6. The van der Waals surface area contributed by atoms with Crippen molar-refractivity contribution in [3.05, 3.63) is 70.2 Å². The van der Waals surface area contributed by atoms with Gasteiger partial charge in [-0.3, -0.25) is 0 Å². The molecule has 2 aromatic carbocycles. The van der Waals surface area contributed by atoms with Crippen molar-refractivity contribution in [2.45, 2.75) is 82.5 Å². The second-order valence-electron chi connectivity index (χ2n) is 11.3. The molecule has 0 radical (unpaired) electrons. The van der Waals surface area contributed by atoms with E-state index in [1.54, 1.807) is 6.07 Å². The van der Waals surface area contributed by atoms with Crippen LogP contribution in [0.3, 0.4) is 0 Å².